The molecule has 0 saturated heterocycles. The van der Waals surface area contributed by atoms with Crippen LogP contribution in [0.2, 0.25) is 0 Å². The highest BCUT2D eigenvalue weighted by Crippen LogP contribution is 2.25. The summed E-state index contributed by atoms with van der Waals surface area (Å²) in [6, 6.07) is 14.5. The SMILES string of the molecule is [CH2]CCCCCOc1cccc2ccccc12. The van der Waals surface area contributed by atoms with Crippen molar-refractivity contribution >= 4 is 10.8 Å². The van der Waals surface area contributed by atoms with Crippen LogP contribution in [0.5, 0.6) is 5.75 Å². The summed E-state index contributed by atoms with van der Waals surface area (Å²) < 4.78 is 5.85. The summed E-state index contributed by atoms with van der Waals surface area (Å²) in [7, 11) is 0. The molecule has 0 fully saturated rings. The third-order valence-electron chi connectivity index (χ3n) is 2.90. The van der Waals surface area contributed by atoms with E-state index in [-0.39, 0.29) is 0 Å². The second-order valence-electron chi connectivity index (χ2n) is 4.24. The lowest BCUT2D eigenvalue weighted by Gasteiger charge is -2.08. The maximum atomic E-state index is 5.85. The number of hydrogen-bond acceptors (Lipinski definition) is 1. The molecule has 0 aromatic heterocycles. The van der Waals surface area contributed by atoms with Gasteiger partial charge in [0.25, 0.3) is 0 Å². The van der Waals surface area contributed by atoms with Gasteiger partial charge in [0.15, 0.2) is 0 Å². The molecule has 0 heterocycles. The largest absolute Gasteiger partial charge is 0.493 e. The molecule has 0 bridgehead atoms. The first-order chi connectivity index (χ1) is 8.42. The Labute approximate surface area is 103 Å². The Kier molecular flexibility index (Phi) is 4.43. The van der Waals surface area contributed by atoms with Crippen LogP contribution >= 0.6 is 0 Å². The molecule has 0 amide bonds. The Balaban J connectivity index is 1.98. The van der Waals surface area contributed by atoms with Crippen molar-refractivity contribution in [2.24, 2.45) is 0 Å². The van der Waals surface area contributed by atoms with Gasteiger partial charge in [-0.05, 0) is 17.9 Å². The fourth-order valence-corrected chi connectivity index (χ4v) is 1.96. The van der Waals surface area contributed by atoms with Gasteiger partial charge in [0, 0.05) is 5.39 Å². The number of benzene rings is 2. The van der Waals surface area contributed by atoms with Crippen molar-refractivity contribution < 1.29 is 4.74 Å². The first-order valence-corrected chi connectivity index (χ1v) is 6.31. The molecule has 2 aromatic rings. The van der Waals surface area contributed by atoms with Crippen molar-refractivity contribution in [3.8, 4) is 5.75 Å². The molecule has 2 rings (SSSR count). The summed E-state index contributed by atoms with van der Waals surface area (Å²) in [5, 5.41) is 2.44. The van der Waals surface area contributed by atoms with E-state index in [4.69, 9.17) is 4.74 Å². The maximum absolute atomic E-state index is 5.85. The van der Waals surface area contributed by atoms with Gasteiger partial charge >= 0.3 is 0 Å². The lowest BCUT2D eigenvalue weighted by molar-refractivity contribution is 0.309. The molecule has 2 aromatic carbocycles. The molecular weight excluding hydrogens is 208 g/mol. The molecular formula is C16H19O. The minimum atomic E-state index is 0.800. The molecule has 0 saturated carbocycles. The number of ether oxygens (including phenoxy) is 1. The summed E-state index contributed by atoms with van der Waals surface area (Å²) >= 11 is 0. The van der Waals surface area contributed by atoms with Crippen LogP contribution in [0.4, 0.5) is 0 Å². The molecule has 0 atom stereocenters. The summed E-state index contributed by atoms with van der Waals surface area (Å²) in [5.74, 6) is 0.998. The molecule has 1 heteroatoms. The monoisotopic (exact) mass is 227 g/mol. The average molecular weight is 227 g/mol. The summed E-state index contributed by atoms with van der Waals surface area (Å²) in [4.78, 5) is 0. The zero-order chi connectivity index (χ0) is 11.9. The zero-order valence-corrected chi connectivity index (χ0v) is 10.2. The van der Waals surface area contributed by atoms with Crippen LogP contribution in [0.3, 0.4) is 0 Å². The van der Waals surface area contributed by atoms with Gasteiger partial charge in [-0.1, -0.05) is 62.6 Å². The van der Waals surface area contributed by atoms with Crippen LogP contribution in [0.15, 0.2) is 42.5 Å². The first kappa shape index (κ1) is 12.0. The van der Waals surface area contributed by atoms with Crippen LogP contribution in [0.1, 0.15) is 25.7 Å². The van der Waals surface area contributed by atoms with E-state index >= 15 is 0 Å². The van der Waals surface area contributed by atoms with Gasteiger partial charge in [0.1, 0.15) is 5.75 Å². The van der Waals surface area contributed by atoms with E-state index in [0.29, 0.717) is 0 Å². The van der Waals surface area contributed by atoms with Gasteiger partial charge in [-0.2, -0.15) is 0 Å². The van der Waals surface area contributed by atoms with E-state index in [2.05, 4.69) is 37.3 Å². The van der Waals surface area contributed by atoms with Gasteiger partial charge in [-0.15, -0.1) is 0 Å². The van der Waals surface area contributed by atoms with E-state index in [0.717, 1.165) is 25.2 Å². The summed E-state index contributed by atoms with van der Waals surface area (Å²) in [5.41, 5.74) is 0. The van der Waals surface area contributed by atoms with E-state index in [1.54, 1.807) is 0 Å². The molecule has 1 radical (unpaired) electrons. The predicted molar refractivity (Wildman–Crippen MR) is 73.3 cm³/mol. The predicted octanol–water partition coefficient (Wildman–Crippen LogP) is 4.61. The Bertz CT molecular complexity index is 457. The maximum Gasteiger partial charge on any atom is 0.127 e. The molecule has 0 aliphatic heterocycles. The normalized spacial score (nSPS) is 10.6. The van der Waals surface area contributed by atoms with Crippen LogP contribution < -0.4 is 4.74 Å². The molecule has 17 heavy (non-hydrogen) atoms. The number of hydrogen-bond donors (Lipinski definition) is 0. The van der Waals surface area contributed by atoms with Gasteiger partial charge in [0.2, 0.25) is 0 Å². The second kappa shape index (κ2) is 6.29. The number of unbranched alkanes of at least 4 members (excludes halogenated alkanes) is 3. The standard InChI is InChI=1S/C16H19O/c1-2-3-4-7-13-17-16-12-8-10-14-9-5-6-11-15(14)16/h5-6,8-12H,1-4,7,13H2. The molecule has 89 valence electrons. The average Bonchev–Trinajstić information content (AvgIpc) is 2.39. The zero-order valence-electron chi connectivity index (χ0n) is 10.2. The van der Waals surface area contributed by atoms with Crippen molar-refractivity contribution in [1.29, 1.82) is 0 Å². The summed E-state index contributed by atoms with van der Waals surface area (Å²) in [6.07, 6.45) is 4.53. The minimum Gasteiger partial charge on any atom is -0.493 e. The van der Waals surface area contributed by atoms with Crippen molar-refractivity contribution in [3.05, 3.63) is 49.4 Å². The fourth-order valence-electron chi connectivity index (χ4n) is 1.96. The molecule has 0 unspecified atom stereocenters. The minimum absolute atomic E-state index is 0.800. The van der Waals surface area contributed by atoms with Crippen LogP contribution in [-0.2, 0) is 0 Å². The van der Waals surface area contributed by atoms with E-state index in [1.165, 1.54) is 23.6 Å². The molecule has 0 N–H and O–H groups in total. The smallest absolute Gasteiger partial charge is 0.127 e. The molecule has 0 aliphatic carbocycles. The number of rotatable bonds is 6. The van der Waals surface area contributed by atoms with Crippen molar-refractivity contribution in [1.82, 2.24) is 0 Å². The molecule has 1 nitrogen and oxygen atoms in total. The lowest BCUT2D eigenvalue weighted by Crippen LogP contribution is -1.97. The van der Waals surface area contributed by atoms with E-state index < -0.39 is 0 Å². The Morgan fingerprint density at radius 1 is 0.882 bits per heavy atom. The third kappa shape index (κ3) is 3.23. The van der Waals surface area contributed by atoms with Crippen molar-refractivity contribution in [2.45, 2.75) is 25.7 Å². The van der Waals surface area contributed by atoms with Gasteiger partial charge < -0.3 is 4.74 Å². The Morgan fingerprint density at radius 2 is 1.71 bits per heavy atom. The highest BCUT2D eigenvalue weighted by atomic mass is 16.5. The van der Waals surface area contributed by atoms with Crippen LogP contribution in [0.25, 0.3) is 10.8 Å². The number of fused-ring (bicyclic) bond motifs is 1. The van der Waals surface area contributed by atoms with Crippen LogP contribution in [0, 0.1) is 6.92 Å². The summed E-state index contributed by atoms with van der Waals surface area (Å²) in [6.45, 7) is 4.64. The molecule has 0 aliphatic rings. The van der Waals surface area contributed by atoms with Crippen LogP contribution in [-0.4, -0.2) is 6.61 Å². The van der Waals surface area contributed by atoms with E-state index in [1.807, 2.05) is 12.1 Å². The second-order valence-corrected chi connectivity index (χ2v) is 4.24. The lowest BCUT2D eigenvalue weighted by atomic mass is 10.1. The highest BCUT2D eigenvalue weighted by molar-refractivity contribution is 5.88. The van der Waals surface area contributed by atoms with Gasteiger partial charge in [-0.3, -0.25) is 0 Å². The van der Waals surface area contributed by atoms with Gasteiger partial charge in [0.05, 0.1) is 6.61 Å². The fraction of sp³-hybridized carbons (Fsp3) is 0.312. The van der Waals surface area contributed by atoms with Crippen molar-refractivity contribution in [3.63, 3.8) is 0 Å². The topological polar surface area (TPSA) is 9.23 Å². The molecule has 0 spiro atoms. The third-order valence-corrected chi connectivity index (χ3v) is 2.90. The Morgan fingerprint density at radius 3 is 2.59 bits per heavy atom. The van der Waals surface area contributed by atoms with Crippen molar-refractivity contribution in [2.75, 3.05) is 6.61 Å². The highest BCUT2D eigenvalue weighted by Gasteiger charge is 2.00. The first-order valence-electron chi connectivity index (χ1n) is 6.31. The van der Waals surface area contributed by atoms with E-state index in [9.17, 15) is 0 Å². The quantitative estimate of drug-likeness (QED) is 0.655. The van der Waals surface area contributed by atoms with Gasteiger partial charge in [-0.25, -0.2) is 0 Å². The Hall–Kier alpha value is -1.50.